The van der Waals surface area contributed by atoms with Crippen LogP contribution in [-0.2, 0) is 0 Å². The molecule has 0 bridgehead atoms. The van der Waals surface area contributed by atoms with E-state index in [0.29, 0.717) is 17.8 Å². The van der Waals surface area contributed by atoms with Crippen molar-refractivity contribution >= 4 is 17.3 Å². The van der Waals surface area contributed by atoms with Gasteiger partial charge in [0.1, 0.15) is 5.82 Å². The maximum absolute atomic E-state index is 13.7. The number of benzene rings is 1. The van der Waals surface area contributed by atoms with Gasteiger partial charge in [-0.05, 0) is 38.1 Å². The van der Waals surface area contributed by atoms with Crippen molar-refractivity contribution in [3.05, 3.63) is 53.6 Å². The van der Waals surface area contributed by atoms with E-state index in [1.807, 2.05) is 6.92 Å². The largest absolute Gasteiger partial charge is 0.398 e. The van der Waals surface area contributed by atoms with Crippen LogP contribution in [-0.4, -0.2) is 17.4 Å². The summed E-state index contributed by atoms with van der Waals surface area (Å²) in [7, 11) is 0. The first-order chi connectivity index (χ1) is 9.54. The summed E-state index contributed by atoms with van der Waals surface area (Å²) in [4.78, 5) is 17.9. The highest BCUT2D eigenvalue weighted by Crippen LogP contribution is 2.21. The van der Waals surface area contributed by atoms with Gasteiger partial charge < -0.3 is 10.6 Å². The molecule has 0 aliphatic carbocycles. The molecule has 1 amide bonds. The predicted octanol–water partition coefficient (Wildman–Crippen LogP) is 2.78. The van der Waals surface area contributed by atoms with Crippen LogP contribution in [0.5, 0.6) is 0 Å². The lowest BCUT2D eigenvalue weighted by molar-refractivity contribution is 0.0988. The molecule has 5 heteroatoms. The van der Waals surface area contributed by atoms with E-state index in [0.717, 1.165) is 0 Å². The standard InChI is InChI=1S/C15H16FN3O/c1-3-19(12-4-6-18-7-5-12)15(20)11-8-13(16)10(2)14(17)9-11/h4-9H,3,17H2,1-2H3. The van der Waals surface area contributed by atoms with E-state index in [-0.39, 0.29) is 17.2 Å². The summed E-state index contributed by atoms with van der Waals surface area (Å²) in [6.45, 7) is 3.91. The lowest BCUT2D eigenvalue weighted by atomic mass is 10.1. The quantitative estimate of drug-likeness (QED) is 0.875. The SMILES string of the molecule is CCN(C(=O)c1cc(N)c(C)c(F)c1)c1ccncc1. The van der Waals surface area contributed by atoms with Crippen molar-refractivity contribution in [3.8, 4) is 0 Å². The number of carbonyl (C=O) groups excluding carboxylic acids is 1. The summed E-state index contributed by atoms with van der Waals surface area (Å²) < 4.78 is 13.7. The van der Waals surface area contributed by atoms with Gasteiger partial charge in [0.15, 0.2) is 0 Å². The van der Waals surface area contributed by atoms with Crippen LogP contribution in [0.25, 0.3) is 0 Å². The molecule has 0 aliphatic heterocycles. The van der Waals surface area contributed by atoms with Crippen LogP contribution in [0.2, 0.25) is 0 Å². The number of nitrogens with zero attached hydrogens (tertiary/aromatic N) is 2. The van der Waals surface area contributed by atoms with Crippen molar-refractivity contribution < 1.29 is 9.18 Å². The van der Waals surface area contributed by atoms with Crippen molar-refractivity contribution in [2.45, 2.75) is 13.8 Å². The van der Waals surface area contributed by atoms with Crippen LogP contribution in [0.1, 0.15) is 22.8 Å². The maximum atomic E-state index is 13.7. The molecule has 0 fully saturated rings. The zero-order valence-corrected chi connectivity index (χ0v) is 11.4. The van der Waals surface area contributed by atoms with Gasteiger partial charge in [-0.15, -0.1) is 0 Å². The topological polar surface area (TPSA) is 59.2 Å². The normalized spacial score (nSPS) is 10.3. The number of nitrogens with two attached hydrogens (primary N) is 1. The Bertz CT molecular complexity index is 605. The molecule has 0 unspecified atom stereocenters. The average molecular weight is 273 g/mol. The second kappa shape index (κ2) is 5.69. The summed E-state index contributed by atoms with van der Waals surface area (Å²) in [5, 5.41) is 0. The molecule has 0 saturated heterocycles. The van der Waals surface area contributed by atoms with E-state index in [1.54, 1.807) is 36.4 Å². The van der Waals surface area contributed by atoms with Gasteiger partial charge in [0.2, 0.25) is 0 Å². The fraction of sp³-hybridized carbons (Fsp3) is 0.200. The van der Waals surface area contributed by atoms with Crippen molar-refractivity contribution in [2.75, 3.05) is 17.2 Å². The highest BCUT2D eigenvalue weighted by atomic mass is 19.1. The van der Waals surface area contributed by atoms with E-state index in [2.05, 4.69) is 4.98 Å². The zero-order chi connectivity index (χ0) is 14.7. The third-order valence-corrected chi connectivity index (χ3v) is 3.17. The second-order valence-electron chi connectivity index (χ2n) is 4.43. The summed E-state index contributed by atoms with van der Waals surface area (Å²) in [6, 6.07) is 6.19. The van der Waals surface area contributed by atoms with Crippen LogP contribution in [0, 0.1) is 12.7 Å². The van der Waals surface area contributed by atoms with E-state index >= 15 is 0 Å². The molecule has 0 radical (unpaired) electrons. The van der Waals surface area contributed by atoms with E-state index in [4.69, 9.17) is 5.73 Å². The third-order valence-electron chi connectivity index (χ3n) is 3.17. The van der Waals surface area contributed by atoms with Gasteiger partial charge in [-0.25, -0.2) is 4.39 Å². The lowest BCUT2D eigenvalue weighted by Crippen LogP contribution is -2.30. The molecule has 1 aromatic heterocycles. The molecule has 0 aliphatic rings. The number of halogens is 1. The first-order valence-corrected chi connectivity index (χ1v) is 6.32. The Morgan fingerprint density at radius 1 is 1.35 bits per heavy atom. The Hall–Kier alpha value is -2.43. The van der Waals surface area contributed by atoms with Crippen LogP contribution in [0.4, 0.5) is 15.8 Å². The van der Waals surface area contributed by atoms with E-state index in [1.165, 1.54) is 12.1 Å². The lowest BCUT2D eigenvalue weighted by Gasteiger charge is -2.21. The molecule has 20 heavy (non-hydrogen) atoms. The number of anilines is 2. The molecule has 0 atom stereocenters. The number of amides is 1. The van der Waals surface area contributed by atoms with E-state index in [9.17, 15) is 9.18 Å². The van der Waals surface area contributed by atoms with Crippen LogP contribution >= 0.6 is 0 Å². The van der Waals surface area contributed by atoms with Gasteiger partial charge in [-0.1, -0.05) is 0 Å². The fourth-order valence-corrected chi connectivity index (χ4v) is 1.95. The molecular formula is C15H16FN3O. The number of hydrogen-bond acceptors (Lipinski definition) is 3. The first-order valence-electron chi connectivity index (χ1n) is 6.32. The Morgan fingerprint density at radius 3 is 2.55 bits per heavy atom. The summed E-state index contributed by atoms with van der Waals surface area (Å²) in [5.41, 5.74) is 7.31. The first kappa shape index (κ1) is 14.0. The minimum atomic E-state index is -0.473. The van der Waals surface area contributed by atoms with Gasteiger partial charge in [0.25, 0.3) is 5.91 Å². The molecule has 0 saturated carbocycles. The Morgan fingerprint density at radius 2 is 2.00 bits per heavy atom. The highest BCUT2D eigenvalue weighted by molar-refractivity contribution is 6.06. The number of carbonyl (C=O) groups is 1. The van der Waals surface area contributed by atoms with Crippen molar-refractivity contribution in [3.63, 3.8) is 0 Å². The predicted molar refractivity (Wildman–Crippen MR) is 77.1 cm³/mol. The van der Waals surface area contributed by atoms with Crippen LogP contribution in [0.3, 0.4) is 0 Å². The van der Waals surface area contributed by atoms with Crippen molar-refractivity contribution in [1.82, 2.24) is 4.98 Å². The van der Waals surface area contributed by atoms with Gasteiger partial charge in [-0.2, -0.15) is 0 Å². The number of aromatic nitrogens is 1. The summed E-state index contributed by atoms with van der Waals surface area (Å²) in [5.74, 6) is -0.761. The molecule has 1 aromatic carbocycles. The maximum Gasteiger partial charge on any atom is 0.258 e. The number of hydrogen-bond donors (Lipinski definition) is 1. The molecule has 1 heterocycles. The molecular weight excluding hydrogens is 257 g/mol. The molecule has 104 valence electrons. The smallest absolute Gasteiger partial charge is 0.258 e. The molecule has 0 spiro atoms. The molecule has 2 aromatic rings. The minimum Gasteiger partial charge on any atom is -0.398 e. The summed E-state index contributed by atoms with van der Waals surface area (Å²) >= 11 is 0. The van der Waals surface area contributed by atoms with Gasteiger partial charge in [-0.3, -0.25) is 9.78 Å². The Labute approximate surface area is 117 Å². The van der Waals surface area contributed by atoms with Crippen molar-refractivity contribution in [2.24, 2.45) is 0 Å². The van der Waals surface area contributed by atoms with Crippen LogP contribution < -0.4 is 10.6 Å². The number of pyridine rings is 1. The minimum absolute atomic E-state index is 0.240. The van der Waals surface area contributed by atoms with Crippen LogP contribution in [0.15, 0.2) is 36.7 Å². The monoisotopic (exact) mass is 273 g/mol. The molecule has 2 rings (SSSR count). The van der Waals surface area contributed by atoms with E-state index < -0.39 is 5.82 Å². The van der Waals surface area contributed by atoms with Gasteiger partial charge in [0, 0.05) is 41.4 Å². The summed E-state index contributed by atoms with van der Waals surface area (Å²) in [6.07, 6.45) is 3.21. The zero-order valence-electron chi connectivity index (χ0n) is 11.4. The molecule has 4 nitrogen and oxygen atoms in total. The van der Waals surface area contributed by atoms with Gasteiger partial charge in [0.05, 0.1) is 0 Å². The third kappa shape index (κ3) is 2.61. The van der Waals surface area contributed by atoms with Crippen molar-refractivity contribution in [1.29, 1.82) is 0 Å². The Kier molecular flexibility index (Phi) is 3.98. The number of nitrogen functional groups attached to an aromatic ring is 1. The Balaban J connectivity index is 2.39. The molecule has 2 N–H and O–H groups in total. The average Bonchev–Trinajstić information content (AvgIpc) is 2.46. The second-order valence-corrected chi connectivity index (χ2v) is 4.43. The number of rotatable bonds is 3. The highest BCUT2D eigenvalue weighted by Gasteiger charge is 2.18. The van der Waals surface area contributed by atoms with Gasteiger partial charge >= 0.3 is 0 Å². The fourth-order valence-electron chi connectivity index (χ4n) is 1.95.